The van der Waals surface area contributed by atoms with Crippen LogP contribution in [0.5, 0.6) is 11.5 Å². The molecule has 1 amide bonds. The summed E-state index contributed by atoms with van der Waals surface area (Å²) < 4.78 is 12.2. The Morgan fingerprint density at radius 1 is 1.16 bits per heavy atom. The number of amides is 1. The Labute approximate surface area is 231 Å². The molecule has 192 valence electrons. The number of nitrogens with zero attached hydrogens (tertiary/aromatic N) is 1. The molecule has 0 radical (unpaired) electrons. The molecular weight excluding hydrogens is 585 g/mol. The number of hydrogen-bond acceptors (Lipinski definition) is 6. The van der Waals surface area contributed by atoms with Gasteiger partial charge in [0.05, 0.1) is 17.5 Å². The van der Waals surface area contributed by atoms with Crippen LogP contribution in [0.4, 0.5) is 5.69 Å². The maximum absolute atomic E-state index is 13.3. The molecule has 1 spiro atoms. The standard InChI is InChI=1S/C26H22BrCl2N3O5/c1-13-22(24(32(34)35)26(31-13)17-5-3-4-6-20(17)30-25(26)33)15-9-18(27)23(21(10-15)36-2)37-12-14-7-8-16(28)11-19(14)29/h3-11,13,22,24,31H,12H2,1-2H3,(H,30,33)/t13-,22-,24+,26+/m0/s1. The minimum Gasteiger partial charge on any atom is -0.493 e. The minimum absolute atomic E-state index is 0.156. The van der Waals surface area contributed by atoms with Gasteiger partial charge in [0.25, 0.3) is 11.9 Å². The van der Waals surface area contributed by atoms with Crippen LogP contribution in [0.3, 0.4) is 0 Å². The second-order valence-electron chi connectivity index (χ2n) is 9.06. The molecule has 2 N–H and O–H groups in total. The van der Waals surface area contributed by atoms with Crippen LogP contribution in [0.2, 0.25) is 10.0 Å². The number of ether oxygens (including phenoxy) is 2. The van der Waals surface area contributed by atoms with Crippen LogP contribution in [0.25, 0.3) is 0 Å². The topological polar surface area (TPSA) is 103 Å². The van der Waals surface area contributed by atoms with E-state index in [0.717, 1.165) is 5.56 Å². The second kappa shape index (κ2) is 9.79. The summed E-state index contributed by atoms with van der Waals surface area (Å²) in [6.07, 6.45) is 0. The Morgan fingerprint density at radius 3 is 2.62 bits per heavy atom. The highest BCUT2D eigenvalue weighted by Crippen LogP contribution is 2.51. The van der Waals surface area contributed by atoms with E-state index >= 15 is 0 Å². The zero-order valence-electron chi connectivity index (χ0n) is 19.8. The molecule has 37 heavy (non-hydrogen) atoms. The van der Waals surface area contributed by atoms with Gasteiger partial charge in [-0.1, -0.05) is 47.5 Å². The molecular formula is C26H22BrCl2N3O5. The van der Waals surface area contributed by atoms with Crippen molar-refractivity contribution in [3.8, 4) is 11.5 Å². The van der Waals surface area contributed by atoms with Gasteiger partial charge in [-0.3, -0.25) is 20.2 Å². The van der Waals surface area contributed by atoms with E-state index in [-0.39, 0.29) is 11.5 Å². The van der Waals surface area contributed by atoms with E-state index < -0.39 is 29.4 Å². The van der Waals surface area contributed by atoms with Crippen molar-refractivity contribution >= 4 is 50.7 Å². The zero-order valence-corrected chi connectivity index (χ0v) is 22.9. The third-order valence-electron chi connectivity index (χ3n) is 6.99. The van der Waals surface area contributed by atoms with E-state index in [9.17, 15) is 14.9 Å². The molecule has 3 aromatic carbocycles. The molecule has 0 aliphatic carbocycles. The van der Waals surface area contributed by atoms with Crippen molar-refractivity contribution in [2.45, 2.75) is 37.1 Å². The van der Waals surface area contributed by atoms with Gasteiger partial charge in [-0.15, -0.1) is 0 Å². The fraction of sp³-hybridized carbons (Fsp3) is 0.269. The summed E-state index contributed by atoms with van der Waals surface area (Å²) in [6.45, 7) is 2.00. The monoisotopic (exact) mass is 605 g/mol. The summed E-state index contributed by atoms with van der Waals surface area (Å²) >= 11 is 15.8. The summed E-state index contributed by atoms with van der Waals surface area (Å²) in [5, 5.41) is 19.6. The predicted molar refractivity (Wildman–Crippen MR) is 144 cm³/mol. The van der Waals surface area contributed by atoms with Gasteiger partial charge < -0.3 is 14.8 Å². The number of halogens is 3. The molecule has 2 aliphatic rings. The van der Waals surface area contributed by atoms with Crippen molar-refractivity contribution in [3.05, 3.63) is 95.9 Å². The number of fused-ring (bicyclic) bond motifs is 2. The van der Waals surface area contributed by atoms with Gasteiger partial charge in [0.1, 0.15) is 6.61 Å². The van der Waals surface area contributed by atoms with Crippen LogP contribution < -0.4 is 20.1 Å². The van der Waals surface area contributed by atoms with E-state index in [2.05, 4.69) is 26.6 Å². The van der Waals surface area contributed by atoms with E-state index in [1.54, 1.807) is 54.6 Å². The van der Waals surface area contributed by atoms with Crippen molar-refractivity contribution in [1.29, 1.82) is 0 Å². The number of rotatable bonds is 6. The molecule has 5 rings (SSSR count). The summed E-state index contributed by atoms with van der Waals surface area (Å²) in [6, 6.07) is 14.0. The van der Waals surface area contributed by atoms with Gasteiger partial charge >= 0.3 is 0 Å². The first-order valence-electron chi connectivity index (χ1n) is 11.4. The molecule has 3 aromatic rings. The van der Waals surface area contributed by atoms with Crippen molar-refractivity contribution in [1.82, 2.24) is 5.32 Å². The van der Waals surface area contributed by atoms with Crippen molar-refractivity contribution < 1.29 is 19.2 Å². The first kappa shape index (κ1) is 25.8. The maximum atomic E-state index is 13.3. The quantitative estimate of drug-likeness (QED) is 0.267. The van der Waals surface area contributed by atoms with Crippen LogP contribution in [-0.2, 0) is 16.9 Å². The van der Waals surface area contributed by atoms with Gasteiger partial charge in [0.2, 0.25) is 0 Å². The van der Waals surface area contributed by atoms with Crippen LogP contribution in [0.15, 0.2) is 59.1 Å². The number of anilines is 1. The summed E-state index contributed by atoms with van der Waals surface area (Å²) in [7, 11) is 1.50. The Balaban J connectivity index is 1.53. The molecule has 4 atom stereocenters. The highest BCUT2D eigenvalue weighted by Gasteiger charge is 2.67. The lowest BCUT2D eigenvalue weighted by atomic mass is 9.78. The first-order chi connectivity index (χ1) is 17.7. The Kier molecular flexibility index (Phi) is 6.83. The molecule has 11 heteroatoms. The summed E-state index contributed by atoms with van der Waals surface area (Å²) in [4.78, 5) is 25.5. The third kappa shape index (κ3) is 4.24. The lowest BCUT2D eigenvalue weighted by molar-refractivity contribution is -0.532. The van der Waals surface area contributed by atoms with Gasteiger partial charge in [0.15, 0.2) is 17.0 Å². The average Bonchev–Trinajstić information content (AvgIpc) is 3.32. The number of carbonyl (C=O) groups excluding carboxylic acids is 1. The average molecular weight is 607 g/mol. The second-order valence-corrected chi connectivity index (χ2v) is 10.8. The molecule has 1 fully saturated rings. The number of para-hydroxylation sites is 1. The van der Waals surface area contributed by atoms with Gasteiger partial charge in [-0.25, -0.2) is 0 Å². The van der Waals surface area contributed by atoms with E-state index in [1.165, 1.54) is 7.11 Å². The Bertz CT molecular complexity index is 1420. The Morgan fingerprint density at radius 2 is 1.92 bits per heavy atom. The lowest BCUT2D eigenvalue weighted by Gasteiger charge is -2.25. The van der Waals surface area contributed by atoms with Crippen molar-refractivity contribution in [2.24, 2.45) is 0 Å². The predicted octanol–water partition coefficient (Wildman–Crippen LogP) is 5.91. The van der Waals surface area contributed by atoms with Crippen LogP contribution in [0, 0.1) is 10.1 Å². The van der Waals surface area contributed by atoms with E-state index in [4.69, 9.17) is 32.7 Å². The minimum atomic E-state index is -1.50. The molecule has 0 bridgehead atoms. The smallest absolute Gasteiger partial charge is 0.256 e. The lowest BCUT2D eigenvalue weighted by Crippen LogP contribution is -2.54. The highest BCUT2D eigenvalue weighted by atomic mass is 79.9. The molecule has 1 saturated heterocycles. The van der Waals surface area contributed by atoms with Crippen molar-refractivity contribution in [3.63, 3.8) is 0 Å². The maximum Gasteiger partial charge on any atom is 0.256 e. The number of nitrogens with one attached hydrogen (secondary N) is 2. The SMILES string of the molecule is COc1cc([C@@H]2[C@H](C)N[C@@]3(C(=O)Nc4ccccc43)[C@@H]2[N+](=O)[O-])cc(Br)c1OCc1ccc(Cl)cc1Cl. The highest BCUT2D eigenvalue weighted by molar-refractivity contribution is 9.10. The largest absolute Gasteiger partial charge is 0.493 e. The number of methoxy groups -OCH3 is 1. The summed E-state index contributed by atoms with van der Waals surface area (Å²) in [5.74, 6) is -0.263. The van der Waals surface area contributed by atoms with Crippen LogP contribution in [-0.4, -0.2) is 30.0 Å². The molecule has 2 heterocycles. The fourth-order valence-electron chi connectivity index (χ4n) is 5.41. The van der Waals surface area contributed by atoms with Gasteiger partial charge in [-0.2, -0.15) is 0 Å². The zero-order chi connectivity index (χ0) is 26.5. The van der Waals surface area contributed by atoms with Crippen LogP contribution in [0.1, 0.15) is 29.5 Å². The number of benzene rings is 3. The normalized spacial score (nSPS) is 24.1. The molecule has 2 aliphatic heterocycles. The number of carbonyl (C=O) groups is 1. The van der Waals surface area contributed by atoms with Gasteiger partial charge in [0, 0.05) is 37.8 Å². The molecule has 8 nitrogen and oxygen atoms in total. The molecule has 0 saturated carbocycles. The first-order valence-corrected chi connectivity index (χ1v) is 13.0. The van der Waals surface area contributed by atoms with Crippen molar-refractivity contribution in [2.75, 3.05) is 12.4 Å². The van der Waals surface area contributed by atoms with Gasteiger partial charge in [-0.05, 0) is 58.7 Å². The number of hydrogen-bond donors (Lipinski definition) is 2. The van der Waals surface area contributed by atoms with E-state index in [0.29, 0.717) is 42.8 Å². The Hall–Kier alpha value is -2.85. The molecule has 0 unspecified atom stereocenters. The molecule has 0 aromatic heterocycles. The van der Waals surface area contributed by atoms with Crippen LogP contribution >= 0.6 is 39.1 Å². The van der Waals surface area contributed by atoms with E-state index in [1.807, 2.05) is 6.92 Å². The summed E-state index contributed by atoms with van der Waals surface area (Å²) in [5.41, 5.74) is 1.02. The fourth-order valence-corrected chi connectivity index (χ4v) is 6.45. The number of nitro groups is 1. The third-order valence-corrected chi connectivity index (χ3v) is 8.16.